The Balaban J connectivity index is 2.62. The largest absolute Gasteiger partial charge is 0.506 e. The van der Waals surface area contributed by atoms with Crippen molar-refractivity contribution in [1.29, 1.82) is 0 Å². The molecule has 0 saturated heterocycles. The summed E-state index contributed by atoms with van der Waals surface area (Å²) < 4.78 is 24.7. The fraction of sp³-hybridized carbons (Fsp3) is 0.0769. The van der Waals surface area contributed by atoms with Crippen molar-refractivity contribution in [3.63, 3.8) is 0 Å². The van der Waals surface area contributed by atoms with Crippen molar-refractivity contribution in [2.24, 2.45) is 0 Å². The van der Waals surface area contributed by atoms with E-state index in [1.165, 1.54) is 30.3 Å². The number of benzene rings is 2. The summed E-state index contributed by atoms with van der Waals surface area (Å²) in [5, 5.41) is 9.47. The molecule has 2 aromatic carbocycles. The van der Waals surface area contributed by atoms with Crippen LogP contribution in [0.25, 0.3) is 0 Å². The van der Waals surface area contributed by atoms with Gasteiger partial charge in [0, 0.05) is 0 Å². The molecule has 3 N–H and O–H groups in total. The highest BCUT2D eigenvalue weighted by atomic mass is 32.2. The van der Waals surface area contributed by atoms with E-state index >= 15 is 0 Å². The normalized spacial score (nSPS) is 11.4. The number of hydrogen-bond acceptors (Lipinski definition) is 4. The zero-order valence-electron chi connectivity index (χ0n) is 9.79. The first-order chi connectivity index (χ1) is 8.43. The zero-order valence-corrected chi connectivity index (χ0v) is 10.6. The number of aryl methyl sites for hydroxylation is 1. The second kappa shape index (κ2) is 4.34. The van der Waals surface area contributed by atoms with Crippen molar-refractivity contribution in [2.45, 2.75) is 16.7 Å². The monoisotopic (exact) mass is 263 g/mol. The van der Waals surface area contributed by atoms with Crippen molar-refractivity contribution < 1.29 is 13.5 Å². The summed E-state index contributed by atoms with van der Waals surface area (Å²) in [7, 11) is -3.69. The Kier molecular flexibility index (Phi) is 3.00. The molecule has 0 aliphatic rings. The summed E-state index contributed by atoms with van der Waals surface area (Å²) in [6.45, 7) is 1.87. The molecule has 0 aliphatic carbocycles. The third kappa shape index (κ3) is 2.04. The van der Waals surface area contributed by atoms with Gasteiger partial charge in [-0.25, -0.2) is 8.42 Å². The van der Waals surface area contributed by atoms with Gasteiger partial charge in [0.2, 0.25) is 9.84 Å². The van der Waals surface area contributed by atoms with Gasteiger partial charge < -0.3 is 10.8 Å². The molecular weight excluding hydrogens is 250 g/mol. The van der Waals surface area contributed by atoms with Crippen LogP contribution >= 0.6 is 0 Å². The van der Waals surface area contributed by atoms with Crippen molar-refractivity contribution in [3.8, 4) is 5.75 Å². The molecule has 18 heavy (non-hydrogen) atoms. The molecule has 0 saturated carbocycles. The SMILES string of the molecule is Cc1ccc(S(=O)(=O)c2cccc(O)c2N)cc1. The average molecular weight is 263 g/mol. The minimum atomic E-state index is -3.69. The minimum Gasteiger partial charge on any atom is -0.506 e. The highest BCUT2D eigenvalue weighted by molar-refractivity contribution is 7.91. The quantitative estimate of drug-likeness (QED) is 0.642. The molecule has 0 aliphatic heterocycles. The number of nitrogen functional groups attached to an aromatic ring is 1. The predicted octanol–water partition coefficient (Wildman–Crippen LogP) is 2.12. The number of hydrogen-bond donors (Lipinski definition) is 2. The minimum absolute atomic E-state index is 0.0775. The van der Waals surface area contributed by atoms with Crippen molar-refractivity contribution in [2.75, 3.05) is 5.73 Å². The van der Waals surface area contributed by atoms with Gasteiger partial charge in [0.25, 0.3) is 0 Å². The average Bonchev–Trinajstić information content (AvgIpc) is 2.33. The Morgan fingerprint density at radius 2 is 1.67 bits per heavy atom. The van der Waals surface area contributed by atoms with Crippen LogP contribution in [0.1, 0.15) is 5.56 Å². The number of sulfone groups is 1. The van der Waals surface area contributed by atoms with Crippen LogP contribution in [0.2, 0.25) is 0 Å². The predicted molar refractivity (Wildman–Crippen MR) is 69.2 cm³/mol. The van der Waals surface area contributed by atoms with Gasteiger partial charge in [0.05, 0.1) is 15.5 Å². The molecular formula is C13H13NO3S. The molecule has 0 amide bonds. The highest BCUT2D eigenvalue weighted by Gasteiger charge is 2.21. The van der Waals surface area contributed by atoms with Crippen LogP contribution in [0, 0.1) is 6.92 Å². The van der Waals surface area contributed by atoms with E-state index < -0.39 is 9.84 Å². The van der Waals surface area contributed by atoms with E-state index in [9.17, 15) is 13.5 Å². The maximum absolute atomic E-state index is 12.3. The van der Waals surface area contributed by atoms with E-state index in [2.05, 4.69) is 0 Å². The van der Waals surface area contributed by atoms with E-state index in [1.54, 1.807) is 12.1 Å². The summed E-state index contributed by atoms with van der Waals surface area (Å²) in [5.74, 6) is -0.233. The van der Waals surface area contributed by atoms with Crippen LogP contribution in [0.3, 0.4) is 0 Å². The molecule has 0 unspecified atom stereocenters. The summed E-state index contributed by atoms with van der Waals surface area (Å²) in [6, 6.07) is 10.7. The van der Waals surface area contributed by atoms with E-state index in [-0.39, 0.29) is 21.2 Å². The topological polar surface area (TPSA) is 80.4 Å². The van der Waals surface area contributed by atoms with Crippen LogP contribution in [0.5, 0.6) is 5.75 Å². The molecule has 0 radical (unpaired) electrons. The Morgan fingerprint density at radius 3 is 2.28 bits per heavy atom. The number of aromatic hydroxyl groups is 1. The lowest BCUT2D eigenvalue weighted by atomic mass is 10.2. The fourth-order valence-corrected chi connectivity index (χ4v) is 3.01. The number of para-hydroxylation sites is 1. The molecule has 0 heterocycles. The maximum Gasteiger partial charge on any atom is 0.208 e. The van der Waals surface area contributed by atoms with E-state index in [0.29, 0.717) is 0 Å². The standard InChI is InChI=1S/C13H13NO3S/c1-9-5-7-10(8-6-9)18(16,17)12-4-2-3-11(15)13(12)14/h2-8,15H,14H2,1H3. The summed E-state index contributed by atoms with van der Waals surface area (Å²) in [4.78, 5) is 0.0803. The molecule has 5 heteroatoms. The Hall–Kier alpha value is -2.01. The van der Waals surface area contributed by atoms with Gasteiger partial charge in [-0.2, -0.15) is 0 Å². The number of rotatable bonds is 2. The van der Waals surface area contributed by atoms with Crippen molar-refractivity contribution >= 4 is 15.5 Å². The lowest BCUT2D eigenvalue weighted by molar-refractivity contribution is 0.476. The number of phenols is 1. The van der Waals surface area contributed by atoms with Crippen LogP contribution < -0.4 is 5.73 Å². The van der Waals surface area contributed by atoms with Crippen LogP contribution in [-0.2, 0) is 9.84 Å². The smallest absolute Gasteiger partial charge is 0.208 e. The van der Waals surface area contributed by atoms with E-state index in [0.717, 1.165) is 5.56 Å². The van der Waals surface area contributed by atoms with Gasteiger partial charge in [-0.3, -0.25) is 0 Å². The molecule has 2 rings (SSSR count). The van der Waals surface area contributed by atoms with Crippen LogP contribution in [0.15, 0.2) is 52.3 Å². The molecule has 4 nitrogen and oxygen atoms in total. The van der Waals surface area contributed by atoms with Crippen LogP contribution in [-0.4, -0.2) is 13.5 Å². The van der Waals surface area contributed by atoms with E-state index in [1.807, 2.05) is 6.92 Å². The highest BCUT2D eigenvalue weighted by Crippen LogP contribution is 2.31. The second-order valence-corrected chi connectivity index (χ2v) is 5.92. The lowest BCUT2D eigenvalue weighted by Crippen LogP contribution is -2.05. The summed E-state index contributed by atoms with van der Waals surface area (Å²) >= 11 is 0. The maximum atomic E-state index is 12.3. The molecule has 0 aromatic heterocycles. The summed E-state index contributed by atoms with van der Waals surface area (Å²) in [6.07, 6.45) is 0. The molecule has 0 bridgehead atoms. The first-order valence-corrected chi connectivity index (χ1v) is 6.80. The van der Waals surface area contributed by atoms with Crippen molar-refractivity contribution in [3.05, 3.63) is 48.0 Å². The second-order valence-electron chi connectivity index (χ2n) is 4.01. The Bertz CT molecular complexity index is 676. The number of nitrogens with two attached hydrogens (primary N) is 1. The van der Waals surface area contributed by atoms with Gasteiger partial charge in [-0.1, -0.05) is 23.8 Å². The summed E-state index contributed by atoms with van der Waals surface area (Å²) in [5.41, 5.74) is 6.45. The van der Waals surface area contributed by atoms with Crippen LogP contribution in [0.4, 0.5) is 5.69 Å². The lowest BCUT2D eigenvalue weighted by Gasteiger charge is -2.08. The molecule has 2 aromatic rings. The van der Waals surface area contributed by atoms with Gasteiger partial charge in [-0.15, -0.1) is 0 Å². The fourth-order valence-electron chi connectivity index (χ4n) is 1.61. The molecule has 0 atom stereocenters. The van der Waals surface area contributed by atoms with Gasteiger partial charge in [-0.05, 0) is 31.2 Å². The number of anilines is 1. The molecule has 0 spiro atoms. The zero-order chi connectivity index (χ0) is 13.3. The van der Waals surface area contributed by atoms with Gasteiger partial charge in [0.1, 0.15) is 5.75 Å². The van der Waals surface area contributed by atoms with Gasteiger partial charge >= 0.3 is 0 Å². The first kappa shape index (κ1) is 12.4. The Labute approximate surface area is 106 Å². The molecule has 94 valence electrons. The third-order valence-electron chi connectivity index (χ3n) is 2.66. The molecule has 0 fully saturated rings. The van der Waals surface area contributed by atoms with Gasteiger partial charge in [0.15, 0.2) is 0 Å². The third-order valence-corrected chi connectivity index (χ3v) is 4.49. The van der Waals surface area contributed by atoms with Crippen molar-refractivity contribution in [1.82, 2.24) is 0 Å². The van der Waals surface area contributed by atoms with E-state index in [4.69, 9.17) is 5.73 Å². The Morgan fingerprint density at radius 1 is 1.06 bits per heavy atom. The number of phenolic OH excluding ortho intramolecular Hbond substituents is 1. The first-order valence-electron chi connectivity index (χ1n) is 5.32.